The lowest BCUT2D eigenvalue weighted by Gasteiger charge is -2.47. The Morgan fingerprint density at radius 2 is 1.93 bits per heavy atom. The van der Waals surface area contributed by atoms with E-state index in [9.17, 15) is 9.50 Å². The molecule has 4 rings (SSSR count). The molecule has 6 nitrogen and oxygen atoms in total. The fraction of sp³-hybridized carbons (Fsp3) is 0.591. The minimum atomic E-state index is -0.267. The van der Waals surface area contributed by atoms with Crippen LogP contribution < -0.4 is 0 Å². The summed E-state index contributed by atoms with van der Waals surface area (Å²) in [6.45, 7) is 6.36. The van der Waals surface area contributed by atoms with Gasteiger partial charge in [0.15, 0.2) is 0 Å². The summed E-state index contributed by atoms with van der Waals surface area (Å²) in [5.74, 6) is -0.267. The molecule has 2 saturated heterocycles. The first-order chi connectivity index (χ1) is 14.1. The molecule has 0 bridgehead atoms. The van der Waals surface area contributed by atoms with Gasteiger partial charge >= 0.3 is 0 Å². The van der Waals surface area contributed by atoms with Crippen LogP contribution in [0.4, 0.5) is 4.39 Å². The zero-order valence-corrected chi connectivity index (χ0v) is 17.3. The Kier molecular flexibility index (Phi) is 6.60. The van der Waals surface area contributed by atoms with Crippen LogP contribution in [0, 0.1) is 5.82 Å². The standard InChI is InChI=1S/C22H32FN5O/c1-25-9-6-19(7-10-25)27-12-11-26(17-20(27)8-13-29)15-18-14-24-28(16-18)22-5-3-2-4-21(22)23/h2-5,14,16,19-20,29H,6-13,15,17H2,1H3/t20-/m1/s1. The third kappa shape index (κ3) is 4.86. The van der Waals surface area contributed by atoms with Crippen molar-refractivity contribution < 1.29 is 9.50 Å². The second-order valence-corrected chi connectivity index (χ2v) is 8.42. The number of hydrogen-bond donors (Lipinski definition) is 1. The average molecular weight is 402 g/mol. The van der Waals surface area contributed by atoms with Crippen molar-refractivity contribution in [2.45, 2.75) is 37.9 Å². The van der Waals surface area contributed by atoms with E-state index in [4.69, 9.17) is 0 Å². The summed E-state index contributed by atoms with van der Waals surface area (Å²) in [5, 5.41) is 14.0. The fourth-order valence-electron chi connectivity index (χ4n) is 4.76. The smallest absolute Gasteiger partial charge is 0.148 e. The molecule has 0 unspecified atom stereocenters. The number of para-hydroxylation sites is 1. The third-order valence-corrected chi connectivity index (χ3v) is 6.37. The van der Waals surface area contributed by atoms with Gasteiger partial charge < -0.3 is 10.0 Å². The van der Waals surface area contributed by atoms with Gasteiger partial charge in [0.2, 0.25) is 0 Å². The molecule has 2 fully saturated rings. The van der Waals surface area contributed by atoms with Crippen molar-refractivity contribution in [2.24, 2.45) is 0 Å². The van der Waals surface area contributed by atoms with Crippen molar-refractivity contribution in [3.05, 3.63) is 48.0 Å². The van der Waals surface area contributed by atoms with Gasteiger partial charge in [-0.15, -0.1) is 0 Å². The van der Waals surface area contributed by atoms with E-state index >= 15 is 0 Å². The molecule has 1 aromatic carbocycles. The van der Waals surface area contributed by atoms with Crippen molar-refractivity contribution in [2.75, 3.05) is 46.4 Å². The molecule has 1 aromatic heterocycles. The van der Waals surface area contributed by atoms with Gasteiger partial charge in [0.25, 0.3) is 0 Å². The monoisotopic (exact) mass is 401 g/mol. The van der Waals surface area contributed by atoms with E-state index in [-0.39, 0.29) is 12.4 Å². The Balaban J connectivity index is 1.39. The Labute approximate surface area is 172 Å². The lowest BCUT2D eigenvalue weighted by Crippen LogP contribution is -2.58. The minimum Gasteiger partial charge on any atom is -0.396 e. The number of aliphatic hydroxyl groups excluding tert-OH is 1. The number of piperazine rings is 1. The van der Waals surface area contributed by atoms with Gasteiger partial charge in [0, 0.05) is 56.6 Å². The molecule has 0 aliphatic carbocycles. The lowest BCUT2D eigenvalue weighted by molar-refractivity contribution is 0.00599. The van der Waals surface area contributed by atoms with E-state index in [1.54, 1.807) is 16.8 Å². The minimum absolute atomic E-state index is 0.229. The highest BCUT2D eigenvalue weighted by Gasteiger charge is 2.33. The molecular weight excluding hydrogens is 369 g/mol. The molecule has 0 amide bonds. The molecule has 2 aliphatic rings. The Morgan fingerprint density at radius 1 is 1.14 bits per heavy atom. The number of piperidine rings is 1. The maximum Gasteiger partial charge on any atom is 0.148 e. The number of benzene rings is 1. The number of rotatable bonds is 6. The topological polar surface area (TPSA) is 47.8 Å². The van der Waals surface area contributed by atoms with Crippen molar-refractivity contribution in [3.8, 4) is 5.69 Å². The summed E-state index contributed by atoms with van der Waals surface area (Å²) in [6.07, 6.45) is 7.00. The van der Waals surface area contributed by atoms with Crippen LogP contribution in [-0.2, 0) is 6.54 Å². The fourth-order valence-corrected chi connectivity index (χ4v) is 4.76. The number of aliphatic hydroxyl groups is 1. The summed E-state index contributed by atoms with van der Waals surface area (Å²) in [4.78, 5) is 7.48. The van der Waals surface area contributed by atoms with Crippen LogP contribution in [0.25, 0.3) is 5.69 Å². The number of hydrogen-bond acceptors (Lipinski definition) is 5. The Morgan fingerprint density at radius 3 is 2.69 bits per heavy atom. The lowest BCUT2D eigenvalue weighted by atomic mass is 9.98. The molecule has 1 atom stereocenters. The van der Waals surface area contributed by atoms with E-state index < -0.39 is 0 Å². The molecule has 2 aromatic rings. The number of likely N-dealkylation sites (tertiary alicyclic amines) is 1. The second kappa shape index (κ2) is 9.34. The van der Waals surface area contributed by atoms with Gasteiger partial charge in [-0.1, -0.05) is 12.1 Å². The maximum absolute atomic E-state index is 14.0. The number of nitrogens with zero attached hydrogens (tertiary/aromatic N) is 5. The van der Waals surface area contributed by atoms with Gasteiger partial charge in [-0.3, -0.25) is 9.80 Å². The van der Waals surface area contributed by atoms with Crippen molar-refractivity contribution >= 4 is 0 Å². The van der Waals surface area contributed by atoms with Crippen LogP contribution in [0.15, 0.2) is 36.7 Å². The average Bonchev–Trinajstić information content (AvgIpc) is 3.18. The molecule has 2 aliphatic heterocycles. The normalized spacial score (nSPS) is 22.9. The molecule has 158 valence electrons. The van der Waals surface area contributed by atoms with Crippen LogP contribution in [0.5, 0.6) is 0 Å². The Hall–Kier alpha value is -1.80. The van der Waals surface area contributed by atoms with Crippen LogP contribution in [-0.4, -0.2) is 88.0 Å². The molecule has 29 heavy (non-hydrogen) atoms. The highest BCUT2D eigenvalue weighted by molar-refractivity contribution is 5.32. The molecule has 3 heterocycles. The van der Waals surface area contributed by atoms with E-state index in [2.05, 4.69) is 26.8 Å². The van der Waals surface area contributed by atoms with E-state index in [0.29, 0.717) is 17.8 Å². The molecule has 0 saturated carbocycles. The van der Waals surface area contributed by atoms with Gasteiger partial charge in [0.05, 0.1) is 6.20 Å². The van der Waals surface area contributed by atoms with Crippen LogP contribution in [0.1, 0.15) is 24.8 Å². The van der Waals surface area contributed by atoms with E-state index in [1.807, 2.05) is 18.5 Å². The molecule has 0 spiro atoms. The highest BCUT2D eigenvalue weighted by atomic mass is 19.1. The second-order valence-electron chi connectivity index (χ2n) is 8.42. The summed E-state index contributed by atoms with van der Waals surface area (Å²) >= 11 is 0. The first-order valence-corrected chi connectivity index (χ1v) is 10.7. The van der Waals surface area contributed by atoms with Gasteiger partial charge in [-0.2, -0.15) is 5.10 Å². The summed E-state index contributed by atoms with van der Waals surface area (Å²) < 4.78 is 15.6. The number of halogens is 1. The summed E-state index contributed by atoms with van der Waals surface area (Å²) in [6, 6.07) is 7.73. The van der Waals surface area contributed by atoms with Gasteiger partial charge in [0.1, 0.15) is 11.5 Å². The van der Waals surface area contributed by atoms with Crippen LogP contribution in [0.3, 0.4) is 0 Å². The molecule has 0 radical (unpaired) electrons. The molecular formula is C22H32FN5O. The zero-order valence-electron chi connectivity index (χ0n) is 17.3. The van der Waals surface area contributed by atoms with Crippen LogP contribution >= 0.6 is 0 Å². The zero-order chi connectivity index (χ0) is 20.2. The van der Waals surface area contributed by atoms with Crippen LogP contribution in [0.2, 0.25) is 0 Å². The molecule has 7 heteroatoms. The van der Waals surface area contributed by atoms with E-state index in [0.717, 1.165) is 51.3 Å². The molecule has 1 N–H and O–H groups in total. The summed E-state index contributed by atoms with van der Waals surface area (Å²) in [7, 11) is 2.20. The predicted molar refractivity (Wildman–Crippen MR) is 112 cm³/mol. The van der Waals surface area contributed by atoms with Gasteiger partial charge in [-0.05, 0) is 51.5 Å². The third-order valence-electron chi connectivity index (χ3n) is 6.37. The predicted octanol–water partition coefficient (Wildman–Crippen LogP) is 1.97. The van der Waals surface area contributed by atoms with Crippen molar-refractivity contribution in [1.82, 2.24) is 24.5 Å². The summed E-state index contributed by atoms with van der Waals surface area (Å²) in [5.41, 5.74) is 1.56. The van der Waals surface area contributed by atoms with Gasteiger partial charge in [-0.25, -0.2) is 9.07 Å². The van der Waals surface area contributed by atoms with Crippen molar-refractivity contribution in [3.63, 3.8) is 0 Å². The maximum atomic E-state index is 14.0. The van der Waals surface area contributed by atoms with E-state index in [1.165, 1.54) is 18.9 Å². The van der Waals surface area contributed by atoms with Crippen molar-refractivity contribution in [1.29, 1.82) is 0 Å². The quantitative estimate of drug-likeness (QED) is 0.802. The number of aromatic nitrogens is 2. The first kappa shape index (κ1) is 20.5. The highest BCUT2D eigenvalue weighted by Crippen LogP contribution is 2.24. The largest absolute Gasteiger partial charge is 0.396 e. The SMILES string of the molecule is CN1CCC(N2CCN(Cc3cnn(-c4ccccc4F)c3)C[C@H]2CCO)CC1. The first-order valence-electron chi connectivity index (χ1n) is 10.7. The Bertz CT molecular complexity index is 789.